The van der Waals surface area contributed by atoms with Gasteiger partial charge in [-0.05, 0) is 29.8 Å². The van der Waals surface area contributed by atoms with Crippen LogP contribution in [0.15, 0.2) is 48.5 Å². The monoisotopic (exact) mass is 383 g/mol. The molecule has 1 aliphatic heterocycles. The SMILES string of the molecule is O=C(CCN1CCOCC1)Nc1cccc(CNC(=O)c2ccccc2O)c1. The molecule has 0 aromatic heterocycles. The van der Waals surface area contributed by atoms with E-state index in [0.29, 0.717) is 25.2 Å². The number of rotatable bonds is 7. The first-order valence-electron chi connectivity index (χ1n) is 9.37. The van der Waals surface area contributed by atoms with Gasteiger partial charge in [0.15, 0.2) is 0 Å². The highest BCUT2D eigenvalue weighted by Crippen LogP contribution is 2.16. The van der Waals surface area contributed by atoms with Crippen LogP contribution in [-0.2, 0) is 16.1 Å². The van der Waals surface area contributed by atoms with Crippen molar-refractivity contribution < 1.29 is 19.4 Å². The van der Waals surface area contributed by atoms with Crippen molar-refractivity contribution in [2.45, 2.75) is 13.0 Å². The number of phenols is 1. The molecule has 0 aliphatic carbocycles. The largest absolute Gasteiger partial charge is 0.507 e. The molecule has 148 valence electrons. The Bertz CT molecular complexity index is 819. The van der Waals surface area contributed by atoms with Crippen LogP contribution >= 0.6 is 0 Å². The molecule has 2 aromatic rings. The van der Waals surface area contributed by atoms with Gasteiger partial charge in [-0.3, -0.25) is 14.5 Å². The van der Waals surface area contributed by atoms with E-state index in [4.69, 9.17) is 4.74 Å². The number of phenolic OH excluding ortho intramolecular Hbond substituents is 1. The maximum absolute atomic E-state index is 12.2. The van der Waals surface area contributed by atoms with Crippen LogP contribution in [0.4, 0.5) is 5.69 Å². The minimum absolute atomic E-state index is 0.0399. The number of para-hydroxylation sites is 1. The van der Waals surface area contributed by atoms with E-state index in [0.717, 1.165) is 31.9 Å². The van der Waals surface area contributed by atoms with E-state index in [2.05, 4.69) is 15.5 Å². The van der Waals surface area contributed by atoms with E-state index in [-0.39, 0.29) is 23.1 Å². The number of aromatic hydroxyl groups is 1. The number of morpholine rings is 1. The number of carbonyl (C=O) groups is 2. The Labute approximate surface area is 164 Å². The average Bonchev–Trinajstić information content (AvgIpc) is 2.72. The number of nitrogens with zero attached hydrogens (tertiary/aromatic N) is 1. The molecule has 1 saturated heterocycles. The zero-order valence-corrected chi connectivity index (χ0v) is 15.7. The van der Waals surface area contributed by atoms with Gasteiger partial charge >= 0.3 is 0 Å². The van der Waals surface area contributed by atoms with Crippen molar-refractivity contribution in [1.82, 2.24) is 10.2 Å². The van der Waals surface area contributed by atoms with Crippen molar-refractivity contribution in [3.05, 3.63) is 59.7 Å². The Balaban J connectivity index is 1.48. The fraction of sp³-hybridized carbons (Fsp3) is 0.333. The number of hydrogen-bond donors (Lipinski definition) is 3. The summed E-state index contributed by atoms with van der Waals surface area (Å²) in [6.45, 7) is 4.17. The van der Waals surface area contributed by atoms with Crippen molar-refractivity contribution in [2.24, 2.45) is 0 Å². The van der Waals surface area contributed by atoms with E-state index in [9.17, 15) is 14.7 Å². The molecular weight excluding hydrogens is 358 g/mol. The molecule has 7 heteroatoms. The summed E-state index contributed by atoms with van der Waals surface area (Å²) in [5, 5.41) is 15.4. The van der Waals surface area contributed by atoms with Crippen LogP contribution in [0.3, 0.4) is 0 Å². The molecule has 3 rings (SSSR count). The first kappa shape index (κ1) is 19.9. The molecule has 28 heavy (non-hydrogen) atoms. The average molecular weight is 383 g/mol. The van der Waals surface area contributed by atoms with Gasteiger partial charge < -0.3 is 20.5 Å². The van der Waals surface area contributed by atoms with Crippen LogP contribution < -0.4 is 10.6 Å². The maximum Gasteiger partial charge on any atom is 0.255 e. The van der Waals surface area contributed by atoms with Crippen molar-refractivity contribution in [3.8, 4) is 5.75 Å². The molecular formula is C21H25N3O4. The second-order valence-electron chi connectivity index (χ2n) is 6.65. The molecule has 1 heterocycles. The van der Waals surface area contributed by atoms with Crippen LogP contribution in [0.2, 0.25) is 0 Å². The van der Waals surface area contributed by atoms with E-state index in [1.165, 1.54) is 6.07 Å². The quantitative estimate of drug-likeness (QED) is 0.680. The zero-order chi connectivity index (χ0) is 19.8. The van der Waals surface area contributed by atoms with E-state index < -0.39 is 0 Å². The third-order valence-electron chi connectivity index (χ3n) is 4.57. The normalized spacial score (nSPS) is 14.4. The Hall–Kier alpha value is -2.90. The highest BCUT2D eigenvalue weighted by molar-refractivity contribution is 5.96. The lowest BCUT2D eigenvalue weighted by Gasteiger charge is -2.26. The lowest BCUT2D eigenvalue weighted by atomic mass is 10.1. The maximum atomic E-state index is 12.2. The summed E-state index contributed by atoms with van der Waals surface area (Å²) in [5.74, 6) is -0.443. The molecule has 0 spiro atoms. The lowest BCUT2D eigenvalue weighted by molar-refractivity contribution is -0.116. The standard InChI is InChI=1S/C21H25N3O4/c25-19-7-2-1-6-18(19)21(27)22-15-16-4-3-5-17(14-16)23-20(26)8-9-24-10-12-28-13-11-24/h1-7,14,25H,8-13,15H2,(H,22,27)(H,23,26). The van der Waals surface area contributed by atoms with Gasteiger partial charge in [-0.1, -0.05) is 24.3 Å². The molecule has 7 nitrogen and oxygen atoms in total. The van der Waals surface area contributed by atoms with Gasteiger partial charge in [0, 0.05) is 38.3 Å². The molecule has 0 atom stereocenters. The van der Waals surface area contributed by atoms with E-state index >= 15 is 0 Å². The Kier molecular flexibility index (Phi) is 7.00. The van der Waals surface area contributed by atoms with Crippen LogP contribution in [0.1, 0.15) is 22.3 Å². The van der Waals surface area contributed by atoms with Crippen LogP contribution in [0.25, 0.3) is 0 Å². The van der Waals surface area contributed by atoms with Crippen molar-refractivity contribution in [1.29, 1.82) is 0 Å². The Morgan fingerprint density at radius 3 is 2.64 bits per heavy atom. The van der Waals surface area contributed by atoms with E-state index in [1.54, 1.807) is 18.2 Å². The van der Waals surface area contributed by atoms with Crippen molar-refractivity contribution >= 4 is 17.5 Å². The second-order valence-corrected chi connectivity index (χ2v) is 6.65. The summed E-state index contributed by atoms with van der Waals surface area (Å²) >= 11 is 0. The predicted molar refractivity (Wildman–Crippen MR) is 106 cm³/mol. The minimum Gasteiger partial charge on any atom is -0.507 e. The van der Waals surface area contributed by atoms with E-state index in [1.807, 2.05) is 24.3 Å². The lowest BCUT2D eigenvalue weighted by Crippen LogP contribution is -2.38. The number of nitrogens with one attached hydrogen (secondary N) is 2. The summed E-state index contributed by atoms with van der Waals surface area (Å²) in [4.78, 5) is 26.6. The molecule has 2 amide bonds. The fourth-order valence-electron chi connectivity index (χ4n) is 3.01. The van der Waals surface area contributed by atoms with Crippen LogP contribution in [-0.4, -0.2) is 54.7 Å². The van der Waals surface area contributed by atoms with Gasteiger partial charge in [0.25, 0.3) is 5.91 Å². The summed E-state index contributed by atoms with van der Waals surface area (Å²) in [6.07, 6.45) is 0.425. The summed E-state index contributed by atoms with van der Waals surface area (Å²) in [5.41, 5.74) is 1.78. The summed E-state index contributed by atoms with van der Waals surface area (Å²) < 4.78 is 5.30. The van der Waals surface area contributed by atoms with Gasteiger partial charge in [0.2, 0.25) is 5.91 Å². The van der Waals surface area contributed by atoms with Gasteiger partial charge in [-0.25, -0.2) is 0 Å². The topological polar surface area (TPSA) is 90.9 Å². The number of amides is 2. The van der Waals surface area contributed by atoms with Crippen LogP contribution in [0.5, 0.6) is 5.75 Å². The molecule has 0 unspecified atom stereocenters. The van der Waals surface area contributed by atoms with Gasteiger partial charge in [-0.2, -0.15) is 0 Å². The molecule has 2 aromatic carbocycles. The highest BCUT2D eigenvalue weighted by Gasteiger charge is 2.13. The van der Waals surface area contributed by atoms with Crippen LogP contribution in [0, 0.1) is 0 Å². The van der Waals surface area contributed by atoms with Crippen molar-refractivity contribution in [2.75, 3.05) is 38.2 Å². The smallest absolute Gasteiger partial charge is 0.255 e. The Morgan fingerprint density at radius 1 is 1.07 bits per heavy atom. The minimum atomic E-state index is -0.349. The van der Waals surface area contributed by atoms with Gasteiger partial charge in [0.05, 0.1) is 18.8 Å². The fourth-order valence-corrected chi connectivity index (χ4v) is 3.01. The number of carbonyl (C=O) groups excluding carboxylic acids is 2. The highest BCUT2D eigenvalue weighted by atomic mass is 16.5. The Morgan fingerprint density at radius 2 is 1.86 bits per heavy atom. The molecule has 3 N–H and O–H groups in total. The summed E-state index contributed by atoms with van der Waals surface area (Å²) in [6, 6.07) is 13.8. The first-order chi connectivity index (χ1) is 13.6. The first-order valence-corrected chi connectivity index (χ1v) is 9.37. The third kappa shape index (κ3) is 5.80. The molecule has 0 bridgehead atoms. The molecule has 1 aliphatic rings. The molecule has 0 radical (unpaired) electrons. The number of ether oxygens (including phenoxy) is 1. The van der Waals surface area contributed by atoms with Gasteiger partial charge in [0.1, 0.15) is 5.75 Å². The second kappa shape index (κ2) is 9.87. The molecule has 0 saturated carbocycles. The summed E-state index contributed by atoms with van der Waals surface area (Å²) in [7, 11) is 0. The third-order valence-corrected chi connectivity index (χ3v) is 4.57. The number of anilines is 1. The van der Waals surface area contributed by atoms with Crippen molar-refractivity contribution in [3.63, 3.8) is 0 Å². The molecule has 1 fully saturated rings. The predicted octanol–water partition coefficient (Wildman–Crippen LogP) is 1.98. The van der Waals surface area contributed by atoms with Gasteiger partial charge in [-0.15, -0.1) is 0 Å². The number of benzene rings is 2. The number of hydrogen-bond acceptors (Lipinski definition) is 5. The zero-order valence-electron chi connectivity index (χ0n) is 15.7.